The third-order valence-corrected chi connectivity index (χ3v) is 5.28. The van der Waals surface area contributed by atoms with Crippen LogP contribution in [0.5, 0.6) is 0 Å². The predicted molar refractivity (Wildman–Crippen MR) is 72.6 cm³/mol. The molecule has 0 unspecified atom stereocenters. The molecule has 1 aliphatic rings. The van der Waals surface area contributed by atoms with Crippen LogP contribution in [0, 0.1) is 0 Å². The van der Waals surface area contributed by atoms with Gasteiger partial charge in [0.2, 0.25) is 0 Å². The van der Waals surface area contributed by atoms with E-state index in [0.717, 1.165) is 23.1 Å². The molecule has 0 aromatic carbocycles. The minimum absolute atomic E-state index is 0.833. The lowest BCUT2D eigenvalue weighted by atomic mass is 10.2. The Morgan fingerprint density at radius 1 is 1.29 bits per heavy atom. The fourth-order valence-electron chi connectivity index (χ4n) is 2.09. The molecule has 0 fully saturated rings. The Morgan fingerprint density at radius 3 is 3.06 bits per heavy atom. The quantitative estimate of drug-likeness (QED) is 0.923. The van der Waals surface area contributed by atoms with Crippen molar-refractivity contribution >= 4 is 22.7 Å². The summed E-state index contributed by atoms with van der Waals surface area (Å²) < 4.78 is 0. The van der Waals surface area contributed by atoms with Crippen LogP contribution in [-0.4, -0.2) is 16.7 Å². The number of hydrogen-bond donors (Lipinski definition) is 1. The van der Waals surface area contributed by atoms with E-state index in [9.17, 15) is 0 Å². The molecule has 17 heavy (non-hydrogen) atoms. The average Bonchev–Trinajstić information content (AvgIpc) is 3.00. The molecule has 0 bridgehead atoms. The first-order chi connectivity index (χ1) is 8.36. The minimum Gasteiger partial charge on any atom is -0.311 e. The largest absolute Gasteiger partial charge is 0.311 e. The van der Waals surface area contributed by atoms with Crippen LogP contribution in [-0.2, 0) is 19.4 Å². The van der Waals surface area contributed by atoms with E-state index in [-0.39, 0.29) is 0 Å². The van der Waals surface area contributed by atoms with E-state index in [2.05, 4.69) is 28.5 Å². The third-order valence-electron chi connectivity index (χ3n) is 2.95. The van der Waals surface area contributed by atoms with Crippen molar-refractivity contribution in [2.24, 2.45) is 0 Å². The van der Waals surface area contributed by atoms with Crippen LogP contribution < -0.4 is 5.32 Å². The van der Waals surface area contributed by atoms with Gasteiger partial charge in [-0.15, -0.1) is 21.5 Å². The van der Waals surface area contributed by atoms with E-state index in [1.165, 1.54) is 29.7 Å². The predicted octanol–water partition coefficient (Wildman–Crippen LogP) is 2.86. The zero-order valence-electron chi connectivity index (χ0n) is 9.82. The number of aryl methyl sites for hydroxylation is 2. The van der Waals surface area contributed by atoms with Crippen molar-refractivity contribution in [3.05, 3.63) is 21.5 Å². The summed E-state index contributed by atoms with van der Waals surface area (Å²) in [5.74, 6) is 0. The van der Waals surface area contributed by atoms with E-state index in [4.69, 9.17) is 0 Å². The number of aromatic nitrogens is 2. The molecule has 1 aliphatic carbocycles. The molecule has 0 amide bonds. The molecule has 1 N–H and O–H groups in total. The number of hydrogen-bond acceptors (Lipinski definition) is 5. The summed E-state index contributed by atoms with van der Waals surface area (Å²) >= 11 is 3.61. The van der Waals surface area contributed by atoms with Gasteiger partial charge in [-0.3, -0.25) is 0 Å². The van der Waals surface area contributed by atoms with Crippen LogP contribution in [0.25, 0.3) is 9.88 Å². The van der Waals surface area contributed by atoms with Gasteiger partial charge in [0.1, 0.15) is 5.01 Å². The molecule has 2 heterocycles. The molecule has 0 spiro atoms. The Balaban J connectivity index is 1.80. The molecule has 0 atom stereocenters. The Hall–Kier alpha value is -0.780. The van der Waals surface area contributed by atoms with Crippen molar-refractivity contribution < 1.29 is 0 Å². The maximum absolute atomic E-state index is 4.29. The molecule has 0 radical (unpaired) electrons. The molecular formula is C12H15N3S2. The van der Waals surface area contributed by atoms with Crippen LogP contribution in [0.3, 0.4) is 0 Å². The van der Waals surface area contributed by atoms with Crippen LogP contribution in [0.4, 0.5) is 0 Å². The monoisotopic (exact) mass is 265 g/mol. The first-order valence-corrected chi connectivity index (χ1v) is 7.65. The summed E-state index contributed by atoms with van der Waals surface area (Å²) in [7, 11) is 0. The Morgan fingerprint density at radius 2 is 2.24 bits per heavy atom. The molecule has 3 nitrogen and oxygen atoms in total. The number of fused-ring (bicyclic) bond motifs is 1. The first kappa shape index (κ1) is 11.3. The molecule has 0 aliphatic heterocycles. The zero-order chi connectivity index (χ0) is 11.7. The lowest BCUT2D eigenvalue weighted by Crippen LogP contribution is -2.11. The Labute approximate surface area is 109 Å². The van der Waals surface area contributed by atoms with Gasteiger partial charge in [-0.05, 0) is 37.4 Å². The molecule has 90 valence electrons. The fraction of sp³-hybridized carbons (Fsp3) is 0.500. The van der Waals surface area contributed by atoms with Gasteiger partial charge in [-0.25, -0.2) is 0 Å². The second kappa shape index (κ2) is 4.84. The summed E-state index contributed by atoms with van der Waals surface area (Å²) in [4.78, 5) is 2.86. The molecule has 2 aromatic rings. The van der Waals surface area contributed by atoms with Crippen LogP contribution in [0.15, 0.2) is 6.07 Å². The summed E-state index contributed by atoms with van der Waals surface area (Å²) in [6, 6.07) is 2.31. The van der Waals surface area contributed by atoms with Gasteiger partial charge in [0, 0.05) is 11.4 Å². The molecule has 5 heteroatoms. The lowest BCUT2D eigenvalue weighted by molar-refractivity contribution is 0.715. The van der Waals surface area contributed by atoms with Gasteiger partial charge < -0.3 is 5.32 Å². The topological polar surface area (TPSA) is 37.8 Å². The first-order valence-electron chi connectivity index (χ1n) is 6.02. The third kappa shape index (κ3) is 2.27. The van der Waals surface area contributed by atoms with Crippen molar-refractivity contribution in [2.45, 2.75) is 32.7 Å². The standard InChI is InChI=1S/C12H15N3S2/c1-2-13-7-11-14-15-12(17-11)10-6-8-4-3-5-9(8)16-10/h6,13H,2-5,7H2,1H3. The van der Waals surface area contributed by atoms with E-state index in [1.54, 1.807) is 16.2 Å². The zero-order valence-corrected chi connectivity index (χ0v) is 11.5. The van der Waals surface area contributed by atoms with Gasteiger partial charge in [0.25, 0.3) is 0 Å². The van der Waals surface area contributed by atoms with Crippen molar-refractivity contribution in [1.29, 1.82) is 0 Å². The van der Waals surface area contributed by atoms with Gasteiger partial charge in [-0.1, -0.05) is 18.3 Å². The van der Waals surface area contributed by atoms with Gasteiger partial charge in [0.15, 0.2) is 5.01 Å². The highest BCUT2D eigenvalue weighted by Gasteiger charge is 2.17. The SMILES string of the molecule is CCNCc1nnc(-c2cc3c(s2)CCC3)s1. The van der Waals surface area contributed by atoms with Crippen molar-refractivity contribution in [1.82, 2.24) is 15.5 Å². The highest BCUT2D eigenvalue weighted by atomic mass is 32.1. The molecule has 0 saturated heterocycles. The van der Waals surface area contributed by atoms with E-state index >= 15 is 0 Å². The second-order valence-electron chi connectivity index (χ2n) is 4.19. The van der Waals surface area contributed by atoms with E-state index in [0.29, 0.717) is 0 Å². The maximum Gasteiger partial charge on any atom is 0.157 e. The van der Waals surface area contributed by atoms with E-state index in [1.807, 2.05) is 11.3 Å². The fourth-order valence-corrected chi connectivity index (χ4v) is 4.19. The minimum atomic E-state index is 0.833. The number of rotatable bonds is 4. The highest BCUT2D eigenvalue weighted by molar-refractivity contribution is 7.21. The molecule has 2 aromatic heterocycles. The molecule has 0 saturated carbocycles. The summed E-state index contributed by atoms with van der Waals surface area (Å²) in [6.45, 7) is 3.91. The van der Waals surface area contributed by atoms with Crippen LogP contribution in [0.1, 0.15) is 28.8 Å². The number of nitrogens with zero attached hydrogens (tertiary/aromatic N) is 2. The average molecular weight is 265 g/mol. The smallest absolute Gasteiger partial charge is 0.157 e. The van der Waals surface area contributed by atoms with Gasteiger partial charge in [-0.2, -0.15) is 0 Å². The number of nitrogens with one attached hydrogen (secondary N) is 1. The molecule has 3 rings (SSSR count). The van der Waals surface area contributed by atoms with Gasteiger partial charge in [0.05, 0.1) is 4.88 Å². The second-order valence-corrected chi connectivity index (χ2v) is 6.39. The summed E-state index contributed by atoms with van der Waals surface area (Å²) in [5.41, 5.74) is 1.54. The van der Waals surface area contributed by atoms with Crippen molar-refractivity contribution in [3.8, 4) is 9.88 Å². The highest BCUT2D eigenvalue weighted by Crippen LogP contribution is 2.37. The van der Waals surface area contributed by atoms with Crippen molar-refractivity contribution in [2.75, 3.05) is 6.54 Å². The normalized spacial score (nSPS) is 14.2. The van der Waals surface area contributed by atoms with Crippen molar-refractivity contribution in [3.63, 3.8) is 0 Å². The Kier molecular flexibility index (Phi) is 3.22. The van der Waals surface area contributed by atoms with E-state index < -0.39 is 0 Å². The van der Waals surface area contributed by atoms with Crippen LogP contribution in [0.2, 0.25) is 0 Å². The summed E-state index contributed by atoms with van der Waals surface area (Å²) in [5, 5.41) is 14.0. The summed E-state index contributed by atoms with van der Waals surface area (Å²) in [6.07, 6.45) is 3.82. The maximum atomic E-state index is 4.29. The van der Waals surface area contributed by atoms with Gasteiger partial charge >= 0.3 is 0 Å². The number of thiophene rings is 1. The lowest BCUT2D eigenvalue weighted by Gasteiger charge is -1.93. The van der Waals surface area contributed by atoms with Crippen LogP contribution >= 0.6 is 22.7 Å². The molecular weight excluding hydrogens is 250 g/mol. The Bertz CT molecular complexity index is 494.